The molecule has 4 aromatic rings. The van der Waals surface area contributed by atoms with Crippen LogP contribution in [0.2, 0.25) is 0 Å². The highest BCUT2D eigenvalue weighted by Gasteiger charge is 2.10. The third kappa shape index (κ3) is 6.06. The number of pyridine rings is 1. The first-order valence-electron chi connectivity index (χ1n) is 11.2. The highest BCUT2D eigenvalue weighted by Crippen LogP contribution is 2.32. The van der Waals surface area contributed by atoms with Gasteiger partial charge in [0.25, 0.3) is 0 Å². The van der Waals surface area contributed by atoms with E-state index in [1.165, 1.54) is 0 Å². The Kier molecular flexibility index (Phi) is 7.91. The van der Waals surface area contributed by atoms with Crippen LogP contribution in [0.25, 0.3) is 33.6 Å². The molecule has 0 bridgehead atoms. The maximum absolute atomic E-state index is 5.51. The molecule has 174 valence electrons. The maximum atomic E-state index is 5.51. The second-order valence-electron chi connectivity index (χ2n) is 7.68. The number of hydrogen-bond acceptors (Lipinski definition) is 4. The van der Waals surface area contributed by atoms with Gasteiger partial charge < -0.3 is 14.2 Å². The third-order valence-electron chi connectivity index (χ3n) is 5.28. The van der Waals surface area contributed by atoms with E-state index < -0.39 is 0 Å². The molecule has 0 N–H and O–H groups in total. The summed E-state index contributed by atoms with van der Waals surface area (Å²) in [5, 5.41) is 0. The van der Waals surface area contributed by atoms with Crippen LogP contribution < -0.4 is 14.2 Å². The molecule has 0 amide bonds. The van der Waals surface area contributed by atoms with E-state index in [0.29, 0.717) is 11.5 Å². The Hall–Kier alpha value is -5.11. The van der Waals surface area contributed by atoms with Gasteiger partial charge in [0.15, 0.2) is 0 Å². The Morgan fingerprint density at radius 2 is 0.806 bits per heavy atom. The minimum Gasteiger partial charge on any atom is -0.481 e. The number of aromatic nitrogens is 1. The fourth-order valence-electron chi connectivity index (χ4n) is 3.56. The molecule has 36 heavy (non-hydrogen) atoms. The zero-order valence-electron chi connectivity index (χ0n) is 19.6. The molecule has 0 saturated carbocycles. The van der Waals surface area contributed by atoms with E-state index in [1.54, 1.807) is 0 Å². The molecule has 1 heterocycles. The summed E-state index contributed by atoms with van der Waals surface area (Å²) in [5.74, 6) is 9.55. The zero-order valence-corrected chi connectivity index (χ0v) is 19.6. The fourth-order valence-corrected chi connectivity index (χ4v) is 3.56. The first-order valence-corrected chi connectivity index (χ1v) is 11.2. The summed E-state index contributed by atoms with van der Waals surface area (Å²) in [6.07, 6.45) is 15.9. The van der Waals surface area contributed by atoms with Crippen LogP contribution in [-0.2, 0) is 0 Å². The topological polar surface area (TPSA) is 40.6 Å². The number of benzene rings is 3. The van der Waals surface area contributed by atoms with Crippen molar-refractivity contribution in [1.29, 1.82) is 0 Å². The predicted molar refractivity (Wildman–Crippen MR) is 144 cm³/mol. The van der Waals surface area contributed by atoms with E-state index in [9.17, 15) is 0 Å². The normalized spacial score (nSPS) is 9.92. The minimum atomic E-state index is 0.222. The van der Waals surface area contributed by atoms with Crippen molar-refractivity contribution in [3.05, 3.63) is 84.9 Å². The van der Waals surface area contributed by atoms with Gasteiger partial charge in [-0.25, -0.2) is 4.98 Å². The van der Waals surface area contributed by atoms with Gasteiger partial charge in [-0.05, 0) is 83.9 Å². The van der Waals surface area contributed by atoms with Gasteiger partial charge in [-0.15, -0.1) is 19.3 Å². The molecule has 0 spiro atoms. The van der Waals surface area contributed by atoms with Crippen molar-refractivity contribution in [2.75, 3.05) is 19.8 Å². The minimum absolute atomic E-state index is 0.222. The van der Waals surface area contributed by atoms with Crippen molar-refractivity contribution in [3.63, 3.8) is 0 Å². The molecule has 4 rings (SSSR count). The number of terminal acetylenes is 3. The molecule has 0 aliphatic rings. The second kappa shape index (κ2) is 11.8. The molecule has 0 unspecified atom stereocenters. The largest absolute Gasteiger partial charge is 0.481 e. The van der Waals surface area contributed by atoms with Crippen LogP contribution >= 0.6 is 0 Å². The summed E-state index contributed by atoms with van der Waals surface area (Å²) in [6.45, 7) is 0.670. The second-order valence-corrected chi connectivity index (χ2v) is 7.68. The van der Waals surface area contributed by atoms with Gasteiger partial charge in [-0.1, -0.05) is 29.9 Å². The van der Waals surface area contributed by atoms with Gasteiger partial charge >= 0.3 is 0 Å². The van der Waals surface area contributed by atoms with Crippen LogP contribution in [0, 0.1) is 37.0 Å². The van der Waals surface area contributed by atoms with Crippen molar-refractivity contribution >= 4 is 0 Å². The molecule has 1 aromatic heterocycles. The summed E-state index contributed by atoms with van der Waals surface area (Å²) in [7, 11) is 0. The van der Waals surface area contributed by atoms with Crippen molar-refractivity contribution in [1.82, 2.24) is 4.98 Å². The lowest BCUT2D eigenvalue weighted by atomic mass is 10.00. The number of ether oxygens (including phenoxy) is 3. The molecule has 0 saturated heterocycles. The standard InChI is InChI=1S/C32H23NO3/c1-4-19-34-28-13-7-24(8-14-28)27-22-31(25-9-15-29(16-10-25)35-20-5-2)33-32(23-27)26-11-17-30(18-12-26)36-21-6-3/h1-3,7-18,22-23H,19-21H2. The third-order valence-corrected chi connectivity index (χ3v) is 5.28. The van der Waals surface area contributed by atoms with Crippen LogP contribution in [0.5, 0.6) is 17.2 Å². The monoisotopic (exact) mass is 469 g/mol. The molecule has 3 aromatic carbocycles. The Morgan fingerprint density at radius 1 is 0.472 bits per heavy atom. The maximum Gasteiger partial charge on any atom is 0.148 e. The highest BCUT2D eigenvalue weighted by atomic mass is 16.5. The van der Waals surface area contributed by atoms with E-state index in [1.807, 2.05) is 72.8 Å². The van der Waals surface area contributed by atoms with Crippen LogP contribution in [0.4, 0.5) is 0 Å². The van der Waals surface area contributed by atoms with Gasteiger partial charge in [-0.2, -0.15) is 0 Å². The molecule has 0 radical (unpaired) electrons. The van der Waals surface area contributed by atoms with Gasteiger partial charge in [-0.3, -0.25) is 0 Å². The van der Waals surface area contributed by atoms with Gasteiger partial charge in [0, 0.05) is 11.1 Å². The van der Waals surface area contributed by atoms with Crippen molar-refractivity contribution in [3.8, 4) is 87.9 Å². The molecular formula is C32H23NO3. The van der Waals surface area contributed by atoms with Crippen molar-refractivity contribution in [2.45, 2.75) is 0 Å². The average Bonchev–Trinajstić information content (AvgIpc) is 2.94. The predicted octanol–water partition coefficient (Wildman–Crippen LogP) is 6.12. The summed E-state index contributed by atoms with van der Waals surface area (Å²) in [4.78, 5) is 4.95. The SMILES string of the molecule is C#CCOc1ccc(-c2cc(-c3ccc(OCC#C)cc3)nc(-c3ccc(OCC#C)cc3)c2)cc1. The van der Waals surface area contributed by atoms with Crippen molar-refractivity contribution in [2.24, 2.45) is 0 Å². The summed E-state index contributed by atoms with van der Waals surface area (Å²) in [5.41, 5.74) is 5.59. The Balaban J connectivity index is 1.72. The highest BCUT2D eigenvalue weighted by molar-refractivity contribution is 5.77. The van der Waals surface area contributed by atoms with Crippen LogP contribution in [0.1, 0.15) is 0 Å². The van der Waals surface area contributed by atoms with Gasteiger partial charge in [0.2, 0.25) is 0 Å². The van der Waals surface area contributed by atoms with E-state index in [0.717, 1.165) is 39.4 Å². The fraction of sp³-hybridized carbons (Fsp3) is 0.0938. The lowest BCUT2D eigenvalue weighted by Gasteiger charge is -2.12. The van der Waals surface area contributed by atoms with Crippen LogP contribution in [0.3, 0.4) is 0 Å². The zero-order chi connectivity index (χ0) is 25.2. The molecule has 0 aliphatic carbocycles. The van der Waals surface area contributed by atoms with Gasteiger partial charge in [0.05, 0.1) is 11.4 Å². The lowest BCUT2D eigenvalue weighted by molar-refractivity contribution is 0.370. The summed E-state index contributed by atoms with van der Waals surface area (Å²) >= 11 is 0. The number of hydrogen-bond donors (Lipinski definition) is 0. The Bertz CT molecular complexity index is 1240. The molecule has 0 atom stereocenters. The molecule has 0 fully saturated rings. The Morgan fingerprint density at radius 3 is 1.14 bits per heavy atom. The molecule has 4 heteroatoms. The van der Waals surface area contributed by atoms with E-state index in [-0.39, 0.29) is 19.8 Å². The molecule has 4 nitrogen and oxygen atoms in total. The Labute approximate surface area is 211 Å². The summed E-state index contributed by atoms with van der Waals surface area (Å²) in [6, 6.07) is 27.3. The average molecular weight is 470 g/mol. The first kappa shape index (κ1) is 24.0. The smallest absolute Gasteiger partial charge is 0.148 e. The number of rotatable bonds is 9. The van der Waals surface area contributed by atoms with Crippen LogP contribution in [-0.4, -0.2) is 24.8 Å². The summed E-state index contributed by atoms with van der Waals surface area (Å²) < 4.78 is 16.5. The molecular weight excluding hydrogens is 446 g/mol. The van der Waals surface area contributed by atoms with Crippen LogP contribution in [0.15, 0.2) is 84.9 Å². The quantitative estimate of drug-likeness (QED) is 0.277. The van der Waals surface area contributed by atoms with E-state index in [4.69, 9.17) is 38.5 Å². The number of nitrogens with zero attached hydrogens (tertiary/aromatic N) is 1. The molecule has 0 aliphatic heterocycles. The van der Waals surface area contributed by atoms with E-state index >= 15 is 0 Å². The van der Waals surface area contributed by atoms with E-state index in [2.05, 4.69) is 29.9 Å². The lowest BCUT2D eigenvalue weighted by Crippen LogP contribution is -1.95. The van der Waals surface area contributed by atoms with Gasteiger partial charge in [0.1, 0.15) is 37.1 Å². The first-order chi connectivity index (χ1) is 17.7. The van der Waals surface area contributed by atoms with Crippen molar-refractivity contribution < 1.29 is 14.2 Å².